The zero-order valence-corrected chi connectivity index (χ0v) is 9.01. The van der Waals surface area contributed by atoms with Crippen LogP contribution in [0.3, 0.4) is 0 Å². The monoisotopic (exact) mass is 222 g/mol. The Hall–Kier alpha value is -2.49. The number of aromatic nitrogens is 3. The standard InChI is InChI=1S/C13H10N4/c14-8-12-13(16-17-15-12)11-7-3-5-9-4-1-2-6-10(9)11/h1-8,14H,(H,15,16,17). The number of aromatic amines is 1. The summed E-state index contributed by atoms with van der Waals surface area (Å²) in [5.74, 6) is 0. The molecule has 0 amide bonds. The average Bonchev–Trinajstić information content (AvgIpc) is 2.86. The van der Waals surface area contributed by atoms with Crippen molar-refractivity contribution in [2.24, 2.45) is 0 Å². The van der Waals surface area contributed by atoms with Gasteiger partial charge in [0.15, 0.2) is 0 Å². The number of nitrogens with zero attached hydrogens (tertiary/aromatic N) is 2. The summed E-state index contributed by atoms with van der Waals surface area (Å²) in [5.41, 5.74) is 2.27. The van der Waals surface area contributed by atoms with Crippen LogP contribution in [0.2, 0.25) is 0 Å². The molecule has 0 aliphatic carbocycles. The third-order valence-corrected chi connectivity index (χ3v) is 2.76. The number of hydrogen-bond acceptors (Lipinski definition) is 3. The van der Waals surface area contributed by atoms with Gasteiger partial charge in [-0.25, -0.2) is 0 Å². The molecule has 0 aliphatic heterocycles. The van der Waals surface area contributed by atoms with Crippen LogP contribution in [0.4, 0.5) is 0 Å². The van der Waals surface area contributed by atoms with Crippen LogP contribution in [-0.4, -0.2) is 21.6 Å². The van der Waals surface area contributed by atoms with E-state index in [4.69, 9.17) is 5.41 Å². The highest BCUT2D eigenvalue weighted by Gasteiger charge is 2.10. The van der Waals surface area contributed by atoms with E-state index in [0.717, 1.165) is 22.0 Å². The highest BCUT2D eigenvalue weighted by molar-refractivity contribution is 5.99. The lowest BCUT2D eigenvalue weighted by Gasteiger charge is -2.03. The zero-order valence-electron chi connectivity index (χ0n) is 9.01. The Morgan fingerprint density at radius 2 is 1.82 bits per heavy atom. The summed E-state index contributed by atoms with van der Waals surface area (Å²) < 4.78 is 0. The molecule has 0 unspecified atom stereocenters. The molecule has 0 saturated carbocycles. The molecule has 1 heterocycles. The van der Waals surface area contributed by atoms with E-state index in [1.54, 1.807) is 0 Å². The van der Waals surface area contributed by atoms with Gasteiger partial charge in [-0.15, -0.1) is 0 Å². The number of nitrogens with one attached hydrogen (secondary N) is 2. The zero-order chi connectivity index (χ0) is 11.7. The summed E-state index contributed by atoms with van der Waals surface area (Å²) in [6.45, 7) is 0. The van der Waals surface area contributed by atoms with Crippen LogP contribution >= 0.6 is 0 Å². The van der Waals surface area contributed by atoms with E-state index >= 15 is 0 Å². The molecule has 82 valence electrons. The van der Waals surface area contributed by atoms with Gasteiger partial charge in [-0.2, -0.15) is 15.4 Å². The molecule has 17 heavy (non-hydrogen) atoms. The van der Waals surface area contributed by atoms with E-state index < -0.39 is 0 Å². The first kappa shape index (κ1) is 9.72. The maximum absolute atomic E-state index is 7.31. The van der Waals surface area contributed by atoms with Crippen molar-refractivity contribution in [2.45, 2.75) is 0 Å². The lowest BCUT2D eigenvalue weighted by molar-refractivity contribution is 0.940. The first-order chi connectivity index (χ1) is 8.40. The van der Waals surface area contributed by atoms with E-state index in [0.29, 0.717) is 5.69 Å². The molecule has 0 aliphatic rings. The predicted molar refractivity (Wildman–Crippen MR) is 67.2 cm³/mol. The highest BCUT2D eigenvalue weighted by atomic mass is 15.3. The van der Waals surface area contributed by atoms with Crippen LogP contribution in [0, 0.1) is 5.41 Å². The summed E-state index contributed by atoms with van der Waals surface area (Å²) in [5, 5.41) is 20.2. The maximum atomic E-state index is 7.31. The van der Waals surface area contributed by atoms with Crippen LogP contribution in [0.5, 0.6) is 0 Å². The van der Waals surface area contributed by atoms with Crippen LogP contribution < -0.4 is 0 Å². The molecule has 0 spiro atoms. The Morgan fingerprint density at radius 1 is 1.00 bits per heavy atom. The minimum absolute atomic E-state index is 0.557. The molecule has 0 saturated heterocycles. The van der Waals surface area contributed by atoms with E-state index in [1.165, 1.54) is 6.21 Å². The summed E-state index contributed by atoms with van der Waals surface area (Å²) in [6.07, 6.45) is 1.21. The summed E-state index contributed by atoms with van der Waals surface area (Å²) in [6, 6.07) is 14.1. The molecule has 1 aromatic heterocycles. The third kappa shape index (κ3) is 1.50. The summed E-state index contributed by atoms with van der Waals surface area (Å²) in [4.78, 5) is 0. The van der Waals surface area contributed by atoms with Crippen LogP contribution in [-0.2, 0) is 0 Å². The van der Waals surface area contributed by atoms with Gasteiger partial charge in [0.1, 0.15) is 11.4 Å². The SMILES string of the molecule is N=Cc1n[nH]nc1-c1cccc2ccccc12. The minimum atomic E-state index is 0.557. The van der Waals surface area contributed by atoms with Gasteiger partial charge < -0.3 is 5.41 Å². The lowest BCUT2D eigenvalue weighted by Crippen LogP contribution is -1.87. The fourth-order valence-corrected chi connectivity index (χ4v) is 1.97. The van der Waals surface area contributed by atoms with Crippen molar-refractivity contribution >= 4 is 17.0 Å². The van der Waals surface area contributed by atoms with Gasteiger partial charge in [0, 0.05) is 11.8 Å². The molecule has 4 nitrogen and oxygen atoms in total. The molecular formula is C13H10N4. The second-order valence-electron chi connectivity index (χ2n) is 3.73. The predicted octanol–water partition coefficient (Wildman–Crippen LogP) is 2.62. The molecular weight excluding hydrogens is 212 g/mol. The smallest absolute Gasteiger partial charge is 0.131 e. The fraction of sp³-hybridized carbons (Fsp3) is 0. The van der Waals surface area contributed by atoms with E-state index in [-0.39, 0.29) is 0 Å². The molecule has 0 atom stereocenters. The first-order valence-electron chi connectivity index (χ1n) is 5.29. The fourth-order valence-electron chi connectivity index (χ4n) is 1.97. The molecule has 2 aromatic carbocycles. The van der Waals surface area contributed by atoms with Gasteiger partial charge >= 0.3 is 0 Å². The molecule has 3 aromatic rings. The van der Waals surface area contributed by atoms with E-state index in [9.17, 15) is 0 Å². The van der Waals surface area contributed by atoms with Crippen LogP contribution in [0.15, 0.2) is 42.5 Å². The quantitative estimate of drug-likeness (QED) is 0.654. The van der Waals surface area contributed by atoms with Gasteiger partial charge in [-0.05, 0) is 10.8 Å². The number of H-pyrrole nitrogens is 1. The van der Waals surface area contributed by atoms with Crippen molar-refractivity contribution in [3.8, 4) is 11.3 Å². The molecule has 4 heteroatoms. The van der Waals surface area contributed by atoms with Gasteiger partial charge in [0.25, 0.3) is 0 Å². The second-order valence-corrected chi connectivity index (χ2v) is 3.73. The van der Waals surface area contributed by atoms with Crippen LogP contribution in [0.25, 0.3) is 22.0 Å². The Bertz CT molecular complexity index is 679. The van der Waals surface area contributed by atoms with Gasteiger partial charge in [-0.3, -0.25) is 0 Å². The Morgan fingerprint density at radius 3 is 2.71 bits per heavy atom. The molecule has 3 rings (SSSR count). The van der Waals surface area contributed by atoms with Crippen molar-refractivity contribution in [1.29, 1.82) is 5.41 Å². The molecule has 0 radical (unpaired) electrons. The van der Waals surface area contributed by atoms with Crippen molar-refractivity contribution in [2.75, 3.05) is 0 Å². The van der Waals surface area contributed by atoms with Crippen LogP contribution in [0.1, 0.15) is 5.69 Å². The maximum Gasteiger partial charge on any atom is 0.131 e. The Kier molecular flexibility index (Phi) is 2.19. The van der Waals surface area contributed by atoms with Gasteiger partial charge in [0.2, 0.25) is 0 Å². The van der Waals surface area contributed by atoms with Crippen molar-refractivity contribution in [1.82, 2.24) is 15.4 Å². The number of fused-ring (bicyclic) bond motifs is 1. The largest absolute Gasteiger partial charge is 0.306 e. The normalized spacial score (nSPS) is 10.6. The first-order valence-corrected chi connectivity index (χ1v) is 5.29. The Labute approximate surface area is 97.8 Å². The Balaban J connectivity index is 2.34. The van der Waals surface area contributed by atoms with E-state index in [1.807, 2.05) is 30.3 Å². The van der Waals surface area contributed by atoms with Gasteiger partial charge in [0.05, 0.1) is 0 Å². The van der Waals surface area contributed by atoms with E-state index in [2.05, 4.69) is 27.5 Å². The highest BCUT2D eigenvalue weighted by Crippen LogP contribution is 2.27. The molecule has 0 bridgehead atoms. The summed E-state index contributed by atoms with van der Waals surface area (Å²) in [7, 11) is 0. The lowest BCUT2D eigenvalue weighted by atomic mass is 10.0. The number of benzene rings is 2. The molecule has 2 N–H and O–H groups in total. The van der Waals surface area contributed by atoms with Crippen molar-refractivity contribution in [3.63, 3.8) is 0 Å². The topological polar surface area (TPSA) is 65.4 Å². The number of hydrogen-bond donors (Lipinski definition) is 2. The molecule has 0 fully saturated rings. The summed E-state index contributed by atoms with van der Waals surface area (Å²) >= 11 is 0. The number of rotatable bonds is 2. The average molecular weight is 222 g/mol. The second kappa shape index (κ2) is 3.83. The van der Waals surface area contributed by atoms with Gasteiger partial charge in [-0.1, -0.05) is 42.5 Å². The van der Waals surface area contributed by atoms with Crippen molar-refractivity contribution in [3.05, 3.63) is 48.2 Å². The van der Waals surface area contributed by atoms with Crippen molar-refractivity contribution < 1.29 is 0 Å². The third-order valence-electron chi connectivity index (χ3n) is 2.76. The minimum Gasteiger partial charge on any atom is -0.306 e.